The maximum Gasteiger partial charge on any atom is 0.0593 e. The second-order valence-electron chi connectivity index (χ2n) is 5.78. The van der Waals surface area contributed by atoms with Crippen LogP contribution >= 0.6 is 11.3 Å². The Labute approximate surface area is 108 Å². The van der Waals surface area contributed by atoms with Gasteiger partial charge in [0.2, 0.25) is 0 Å². The molecule has 2 N–H and O–H groups in total. The molecule has 0 amide bonds. The van der Waals surface area contributed by atoms with Crippen LogP contribution in [0.4, 0.5) is 0 Å². The van der Waals surface area contributed by atoms with Crippen molar-refractivity contribution < 1.29 is 0 Å². The first-order chi connectivity index (χ1) is 8.15. The molecule has 1 saturated heterocycles. The molecule has 0 spiro atoms. The van der Waals surface area contributed by atoms with Crippen LogP contribution in [0.15, 0.2) is 12.1 Å². The molecule has 1 saturated carbocycles. The summed E-state index contributed by atoms with van der Waals surface area (Å²) in [6.07, 6.45) is 4.24. The van der Waals surface area contributed by atoms with Gasteiger partial charge in [0.25, 0.3) is 0 Å². The Bertz CT molecular complexity index is 399. The third-order valence-electron chi connectivity index (χ3n) is 4.36. The van der Waals surface area contributed by atoms with Gasteiger partial charge in [-0.1, -0.05) is 0 Å². The maximum atomic E-state index is 6.25. The Morgan fingerprint density at radius 2 is 2.24 bits per heavy atom. The van der Waals surface area contributed by atoms with Crippen molar-refractivity contribution in [3.63, 3.8) is 0 Å². The van der Waals surface area contributed by atoms with Crippen LogP contribution in [0.5, 0.6) is 0 Å². The number of rotatable bonds is 3. The number of thiophene rings is 1. The first-order valence-electron chi connectivity index (χ1n) is 6.73. The van der Waals surface area contributed by atoms with Gasteiger partial charge in [-0.2, -0.15) is 0 Å². The fourth-order valence-electron chi connectivity index (χ4n) is 3.64. The topological polar surface area (TPSA) is 29.3 Å². The Kier molecular flexibility index (Phi) is 3.01. The first-order valence-corrected chi connectivity index (χ1v) is 7.54. The van der Waals surface area contributed by atoms with Crippen LogP contribution < -0.4 is 5.73 Å². The summed E-state index contributed by atoms with van der Waals surface area (Å²) < 4.78 is 0. The number of fused-ring (bicyclic) bond motifs is 2. The van der Waals surface area contributed by atoms with E-state index in [1.54, 1.807) is 0 Å². The third kappa shape index (κ3) is 2.05. The molecule has 1 aromatic heterocycles. The third-order valence-corrected chi connectivity index (χ3v) is 5.43. The van der Waals surface area contributed by atoms with Gasteiger partial charge in [0, 0.05) is 28.4 Å². The van der Waals surface area contributed by atoms with Crippen LogP contribution in [0, 0.1) is 12.8 Å². The molecule has 2 fully saturated rings. The lowest BCUT2D eigenvalue weighted by Crippen LogP contribution is -2.43. The van der Waals surface area contributed by atoms with Gasteiger partial charge in [-0.3, -0.25) is 4.90 Å². The van der Waals surface area contributed by atoms with Gasteiger partial charge >= 0.3 is 0 Å². The van der Waals surface area contributed by atoms with E-state index in [1.165, 1.54) is 35.6 Å². The van der Waals surface area contributed by atoms with E-state index in [0.29, 0.717) is 6.04 Å². The molecule has 1 aromatic rings. The molecule has 3 rings (SSSR count). The van der Waals surface area contributed by atoms with Gasteiger partial charge in [-0.05, 0) is 51.2 Å². The van der Waals surface area contributed by atoms with Crippen LogP contribution in [-0.2, 0) is 0 Å². The Morgan fingerprint density at radius 1 is 1.41 bits per heavy atom. The van der Waals surface area contributed by atoms with Gasteiger partial charge in [0.05, 0.1) is 6.04 Å². The largest absolute Gasteiger partial charge is 0.326 e. The Hall–Kier alpha value is -0.380. The molecular formula is C14H22N2S. The highest BCUT2D eigenvalue weighted by Crippen LogP contribution is 2.43. The fourth-order valence-corrected chi connectivity index (χ4v) is 4.76. The molecule has 1 aliphatic carbocycles. The predicted molar refractivity (Wildman–Crippen MR) is 73.3 cm³/mol. The second-order valence-corrected chi connectivity index (χ2v) is 7.10. The van der Waals surface area contributed by atoms with Gasteiger partial charge in [-0.15, -0.1) is 11.3 Å². The summed E-state index contributed by atoms with van der Waals surface area (Å²) in [5, 5.41) is 0. The number of aryl methyl sites for hydroxylation is 1. The standard InChI is InChI=1S/C14H22N2S/c1-9-3-6-13(17-9)14(10(2)15)16-8-11-4-5-12(16)7-11/h3,6,10-12,14H,4-5,7-8,15H2,1-2H3. The smallest absolute Gasteiger partial charge is 0.0593 e. The van der Waals surface area contributed by atoms with Gasteiger partial charge in [0.1, 0.15) is 0 Å². The lowest BCUT2D eigenvalue weighted by molar-refractivity contribution is 0.135. The van der Waals surface area contributed by atoms with Crippen LogP contribution in [0.1, 0.15) is 42.0 Å². The van der Waals surface area contributed by atoms with Crippen molar-refractivity contribution in [3.05, 3.63) is 21.9 Å². The van der Waals surface area contributed by atoms with Gasteiger partial charge in [-0.25, -0.2) is 0 Å². The van der Waals surface area contributed by atoms with E-state index >= 15 is 0 Å². The monoisotopic (exact) mass is 250 g/mol. The number of nitrogens with two attached hydrogens (primary N) is 1. The molecule has 3 heteroatoms. The lowest BCUT2D eigenvalue weighted by atomic mass is 10.0. The van der Waals surface area contributed by atoms with E-state index < -0.39 is 0 Å². The number of piperidine rings is 1. The van der Waals surface area contributed by atoms with Crippen LogP contribution in [0.2, 0.25) is 0 Å². The molecule has 94 valence electrons. The second kappa shape index (κ2) is 4.38. The predicted octanol–water partition coefficient (Wildman–Crippen LogP) is 2.93. The molecule has 2 aliphatic rings. The van der Waals surface area contributed by atoms with Crippen molar-refractivity contribution >= 4 is 11.3 Å². The van der Waals surface area contributed by atoms with Crippen molar-refractivity contribution in [2.75, 3.05) is 6.54 Å². The molecule has 2 bridgehead atoms. The molecular weight excluding hydrogens is 228 g/mol. The molecule has 4 unspecified atom stereocenters. The summed E-state index contributed by atoms with van der Waals surface area (Å²) in [6, 6.07) is 5.98. The number of hydrogen-bond acceptors (Lipinski definition) is 3. The minimum Gasteiger partial charge on any atom is -0.326 e. The summed E-state index contributed by atoms with van der Waals surface area (Å²) in [6.45, 7) is 5.61. The van der Waals surface area contributed by atoms with Crippen LogP contribution in [0.3, 0.4) is 0 Å². The minimum atomic E-state index is 0.229. The maximum absolute atomic E-state index is 6.25. The van der Waals surface area contributed by atoms with Gasteiger partial charge < -0.3 is 5.73 Å². The zero-order valence-electron chi connectivity index (χ0n) is 10.7. The molecule has 0 radical (unpaired) electrons. The van der Waals surface area contributed by atoms with Crippen LogP contribution in [-0.4, -0.2) is 23.5 Å². The first kappa shape index (κ1) is 11.7. The zero-order chi connectivity index (χ0) is 12.0. The summed E-state index contributed by atoms with van der Waals surface area (Å²) in [5.74, 6) is 0.947. The van der Waals surface area contributed by atoms with Crippen molar-refractivity contribution in [3.8, 4) is 0 Å². The molecule has 2 heterocycles. The normalized spacial score (nSPS) is 31.9. The summed E-state index contributed by atoms with van der Waals surface area (Å²) in [4.78, 5) is 5.55. The highest BCUT2D eigenvalue weighted by Gasteiger charge is 2.42. The van der Waals surface area contributed by atoms with E-state index in [0.717, 1.165) is 12.0 Å². The van der Waals surface area contributed by atoms with E-state index in [1.807, 2.05) is 11.3 Å². The highest BCUT2D eigenvalue weighted by atomic mass is 32.1. The van der Waals surface area contributed by atoms with Crippen molar-refractivity contribution in [1.29, 1.82) is 0 Å². The molecule has 17 heavy (non-hydrogen) atoms. The van der Waals surface area contributed by atoms with Crippen molar-refractivity contribution in [2.45, 2.75) is 51.2 Å². The average molecular weight is 250 g/mol. The van der Waals surface area contributed by atoms with Gasteiger partial charge in [0.15, 0.2) is 0 Å². The van der Waals surface area contributed by atoms with E-state index in [9.17, 15) is 0 Å². The molecule has 0 aromatic carbocycles. The molecule has 1 aliphatic heterocycles. The fraction of sp³-hybridized carbons (Fsp3) is 0.714. The summed E-state index contributed by atoms with van der Waals surface area (Å²) >= 11 is 1.92. The van der Waals surface area contributed by atoms with E-state index in [4.69, 9.17) is 5.73 Å². The number of hydrogen-bond donors (Lipinski definition) is 1. The Morgan fingerprint density at radius 3 is 2.71 bits per heavy atom. The summed E-state index contributed by atoms with van der Waals surface area (Å²) in [5.41, 5.74) is 6.25. The highest BCUT2D eigenvalue weighted by molar-refractivity contribution is 7.12. The molecule has 2 nitrogen and oxygen atoms in total. The number of likely N-dealkylation sites (tertiary alicyclic amines) is 1. The number of nitrogens with zero attached hydrogens (tertiary/aromatic N) is 1. The van der Waals surface area contributed by atoms with E-state index in [-0.39, 0.29) is 6.04 Å². The average Bonchev–Trinajstić information content (AvgIpc) is 2.94. The SMILES string of the molecule is Cc1ccc(C(C(C)N)N2CC3CCC2C3)s1. The molecule has 4 atom stereocenters. The van der Waals surface area contributed by atoms with Crippen molar-refractivity contribution in [2.24, 2.45) is 11.7 Å². The minimum absolute atomic E-state index is 0.229. The van der Waals surface area contributed by atoms with Crippen molar-refractivity contribution in [1.82, 2.24) is 4.90 Å². The quantitative estimate of drug-likeness (QED) is 0.893. The van der Waals surface area contributed by atoms with E-state index in [2.05, 4.69) is 30.9 Å². The summed E-state index contributed by atoms with van der Waals surface area (Å²) in [7, 11) is 0. The lowest BCUT2D eigenvalue weighted by Gasteiger charge is -2.36. The Balaban J connectivity index is 1.86. The van der Waals surface area contributed by atoms with Crippen LogP contribution in [0.25, 0.3) is 0 Å². The zero-order valence-corrected chi connectivity index (χ0v) is 11.5.